The van der Waals surface area contributed by atoms with Crippen molar-refractivity contribution < 1.29 is 5.21 Å². The fourth-order valence-corrected chi connectivity index (χ4v) is 2.06. The number of rotatable bonds is 2. The van der Waals surface area contributed by atoms with Crippen LogP contribution in [-0.4, -0.2) is 34.5 Å². The van der Waals surface area contributed by atoms with Gasteiger partial charge < -0.3 is 10.1 Å². The minimum Gasteiger partial charge on any atom is -0.410 e. The number of oxime groups is 1. The Kier molecular flexibility index (Phi) is 3.17. The van der Waals surface area contributed by atoms with Crippen LogP contribution in [0.25, 0.3) is 0 Å². The topological polar surface area (TPSA) is 48.7 Å². The van der Waals surface area contributed by atoms with Crippen LogP contribution in [0.15, 0.2) is 29.7 Å². The van der Waals surface area contributed by atoms with Gasteiger partial charge in [0.25, 0.3) is 0 Å². The van der Waals surface area contributed by atoms with Gasteiger partial charge in [-0.15, -0.1) is 0 Å². The Hall–Kier alpha value is -1.58. The van der Waals surface area contributed by atoms with Crippen LogP contribution in [0.5, 0.6) is 0 Å². The number of aromatic nitrogens is 1. The van der Waals surface area contributed by atoms with Gasteiger partial charge in [-0.05, 0) is 36.5 Å². The first kappa shape index (κ1) is 9.96. The summed E-state index contributed by atoms with van der Waals surface area (Å²) in [6.07, 6.45) is 7.41. The summed E-state index contributed by atoms with van der Waals surface area (Å²) in [6.45, 7) is 1.91. The molecule has 80 valence electrons. The van der Waals surface area contributed by atoms with E-state index >= 15 is 0 Å². The van der Waals surface area contributed by atoms with Crippen LogP contribution < -0.4 is 0 Å². The molecule has 0 bridgehead atoms. The van der Waals surface area contributed by atoms with E-state index in [2.05, 4.69) is 22.3 Å². The van der Waals surface area contributed by atoms with E-state index in [-0.39, 0.29) is 0 Å². The molecular formula is C11H15N3O. The molecule has 1 aliphatic heterocycles. The number of hydrogen-bond donors (Lipinski definition) is 1. The second-order valence-electron chi connectivity index (χ2n) is 3.82. The van der Waals surface area contributed by atoms with Crippen LogP contribution in [-0.2, 0) is 0 Å². The maximum atomic E-state index is 8.42. The molecule has 15 heavy (non-hydrogen) atoms. The monoisotopic (exact) mass is 205 g/mol. The molecule has 1 fully saturated rings. The molecule has 0 aliphatic carbocycles. The molecular weight excluding hydrogens is 190 g/mol. The van der Waals surface area contributed by atoms with Crippen molar-refractivity contribution in [2.75, 3.05) is 13.1 Å². The third-order valence-corrected chi connectivity index (χ3v) is 2.92. The second kappa shape index (κ2) is 4.77. The molecule has 2 heterocycles. The number of piperidine rings is 1. The lowest BCUT2D eigenvalue weighted by molar-refractivity contribution is 0.283. The van der Waals surface area contributed by atoms with Gasteiger partial charge in [0, 0.05) is 25.5 Å². The highest BCUT2D eigenvalue weighted by atomic mass is 16.4. The molecule has 0 spiro atoms. The molecule has 0 amide bonds. The summed E-state index contributed by atoms with van der Waals surface area (Å²) in [4.78, 5) is 6.06. The molecule has 1 aromatic heterocycles. The first-order valence-electron chi connectivity index (χ1n) is 5.21. The van der Waals surface area contributed by atoms with E-state index in [1.165, 1.54) is 11.9 Å². The van der Waals surface area contributed by atoms with Crippen molar-refractivity contribution in [3.8, 4) is 0 Å². The van der Waals surface area contributed by atoms with E-state index in [1.54, 1.807) is 0 Å². The largest absolute Gasteiger partial charge is 0.410 e. The Morgan fingerprint density at radius 1 is 1.33 bits per heavy atom. The Morgan fingerprint density at radius 3 is 2.60 bits per heavy atom. The normalized spacial score (nSPS) is 18.5. The van der Waals surface area contributed by atoms with Crippen LogP contribution >= 0.6 is 0 Å². The van der Waals surface area contributed by atoms with Crippen molar-refractivity contribution in [3.63, 3.8) is 0 Å². The molecule has 0 unspecified atom stereocenters. The van der Waals surface area contributed by atoms with Gasteiger partial charge in [0.15, 0.2) is 0 Å². The molecule has 0 aromatic carbocycles. The zero-order valence-electron chi connectivity index (χ0n) is 8.58. The maximum absolute atomic E-state index is 8.42. The van der Waals surface area contributed by atoms with Crippen LogP contribution in [0.2, 0.25) is 0 Å². The van der Waals surface area contributed by atoms with Gasteiger partial charge in [-0.25, -0.2) is 0 Å². The number of likely N-dealkylation sites (tertiary alicyclic amines) is 1. The molecule has 0 atom stereocenters. The fraction of sp³-hybridized carbons (Fsp3) is 0.455. The Labute approximate surface area is 89.2 Å². The van der Waals surface area contributed by atoms with Gasteiger partial charge >= 0.3 is 0 Å². The molecule has 1 saturated heterocycles. The van der Waals surface area contributed by atoms with Crippen LogP contribution in [0.3, 0.4) is 0 Å². The molecule has 0 saturated carbocycles. The number of hydrogen-bond acceptors (Lipinski definition) is 3. The van der Waals surface area contributed by atoms with Crippen molar-refractivity contribution in [3.05, 3.63) is 30.1 Å². The highest BCUT2D eigenvalue weighted by Gasteiger charge is 2.18. The summed E-state index contributed by atoms with van der Waals surface area (Å²) >= 11 is 0. The zero-order chi connectivity index (χ0) is 10.5. The van der Waals surface area contributed by atoms with Gasteiger partial charge in [-0.1, -0.05) is 5.16 Å². The van der Waals surface area contributed by atoms with E-state index in [9.17, 15) is 0 Å². The van der Waals surface area contributed by atoms with E-state index < -0.39 is 0 Å². The molecule has 4 heteroatoms. The van der Waals surface area contributed by atoms with Gasteiger partial charge in [0.1, 0.15) is 6.34 Å². The lowest BCUT2D eigenvalue weighted by Crippen LogP contribution is -2.31. The summed E-state index contributed by atoms with van der Waals surface area (Å²) in [6, 6.07) is 4.17. The minimum atomic E-state index is 0.622. The average molecular weight is 205 g/mol. The number of pyridine rings is 1. The third-order valence-electron chi connectivity index (χ3n) is 2.92. The molecule has 2 rings (SSSR count). The SMILES string of the molecule is ON=CN1CCC(c2ccncc2)CC1. The van der Waals surface area contributed by atoms with Crippen LogP contribution in [0.4, 0.5) is 0 Å². The summed E-state index contributed by atoms with van der Waals surface area (Å²) in [7, 11) is 0. The zero-order valence-corrected chi connectivity index (χ0v) is 8.58. The van der Waals surface area contributed by atoms with Gasteiger partial charge in [-0.3, -0.25) is 4.98 Å². The number of nitrogens with zero attached hydrogens (tertiary/aromatic N) is 3. The van der Waals surface area contributed by atoms with Crippen molar-refractivity contribution in [2.24, 2.45) is 5.16 Å². The van der Waals surface area contributed by atoms with Crippen molar-refractivity contribution in [1.82, 2.24) is 9.88 Å². The van der Waals surface area contributed by atoms with E-state index in [4.69, 9.17) is 5.21 Å². The van der Waals surface area contributed by atoms with Gasteiger partial charge in [0.05, 0.1) is 0 Å². The summed E-state index contributed by atoms with van der Waals surface area (Å²) < 4.78 is 0. The lowest BCUT2D eigenvalue weighted by atomic mass is 9.90. The highest BCUT2D eigenvalue weighted by molar-refractivity contribution is 5.54. The summed E-state index contributed by atoms with van der Waals surface area (Å²) in [5.41, 5.74) is 1.37. The summed E-state index contributed by atoms with van der Waals surface area (Å²) in [5, 5.41) is 11.5. The van der Waals surface area contributed by atoms with Gasteiger partial charge in [0.2, 0.25) is 0 Å². The lowest BCUT2D eigenvalue weighted by Gasteiger charge is -2.30. The van der Waals surface area contributed by atoms with Crippen LogP contribution in [0.1, 0.15) is 24.3 Å². The molecule has 0 radical (unpaired) electrons. The second-order valence-corrected chi connectivity index (χ2v) is 3.82. The van der Waals surface area contributed by atoms with E-state index in [1.807, 2.05) is 17.3 Å². The quantitative estimate of drug-likeness (QED) is 0.346. The van der Waals surface area contributed by atoms with Crippen molar-refractivity contribution in [1.29, 1.82) is 0 Å². The Morgan fingerprint density at radius 2 is 2.00 bits per heavy atom. The molecule has 1 N–H and O–H groups in total. The standard InChI is InChI=1S/C11H15N3O/c15-13-9-14-7-3-11(4-8-14)10-1-5-12-6-2-10/h1-2,5-6,9,11,15H,3-4,7-8H2. The third kappa shape index (κ3) is 2.46. The molecule has 1 aliphatic rings. The van der Waals surface area contributed by atoms with E-state index in [0.717, 1.165) is 25.9 Å². The predicted octanol–water partition coefficient (Wildman–Crippen LogP) is 1.68. The molecule has 4 nitrogen and oxygen atoms in total. The predicted molar refractivity (Wildman–Crippen MR) is 58.1 cm³/mol. The fourth-order valence-electron chi connectivity index (χ4n) is 2.06. The highest BCUT2D eigenvalue weighted by Crippen LogP contribution is 2.26. The van der Waals surface area contributed by atoms with Crippen LogP contribution in [0, 0.1) is 0 Å². The Bertz CT molecular complexity index is 318. The van der Waals surface area contributed by atoms with E-state index in [0.29, 0.717) is 5.92 Å². The average Bonchev–Trinajstić information content (AvgIpc) is 2.32. The summed E-state index contributed by atoms with van der Waals surface area (Å²) in [5.74, 6) is 0.622. The molecule has 1 aromatic rings. The first-order chi connectivity index (χ1) is 7.40. The van der Waals surface area contributed by atoms with Gasteiger partial charge in [-0.2, -0.15) is 0 Å². The Balaban J connectivity index is 1.94. The minimum absolute atomic E-state index is 0.622. The van der Waals surface area contributed by atoms with Crippen molar-refractivity contribution >= 4 is 6.34 Å². The first-order valence-corrected chi connectivity index (χ1v) is 5.21. The van der Waals surface area contributed by atoms with Crippen molar-refractivity contribution in [2.45, 2.75) is 18.8 Å². The maximum Gasteiger partial charge on any atom is 0.130 e. The smallest absolute Gasteiger partial charge is 0.130 e.